The molecule has 1 heterocycles. The van der Waals surface area contributed by atoms with E-state index in [1.165, 1.54) is 0 Å². The van der Waals surface area contributed by atoms with Crippen LogP contribution in [0.1, 0.15) is 0 Å². The molecule has 0 atom stereocenters. The first-order valence-corrected chi connectivity index (χ1v) is 4.77. The second-order valence-corrected chi connectivity index (χ2v) is 3.82. The lowest BCUT2D eigenvalue weighted by Gasteiger charge is -1.97. The second-order valence-electron chi connectivity index (χ2n) is 2.97. The highest BCUT2D eigenvalue weighted by atomic mass is 79.9. The average Bonchev–Trinajstić information content (AvgIpc) is 2.41. The summed E-state index contributed by atoms with van der Waals surface area (Å²) >= 11 is 3.37. The molecule has 14 heavy (non-hydrogen) atoms. The average molecular weight is 253 g/mol. The van der Waals surface area contributed by atoms with Crippen LogP contribution in [0, 0.1) is 5.39 Å². The fourth-order valence-corrected chi connectivity index (χ4v) is 2.16. The van der Waals surface area contributed by atoms with Crippen LogP contribution in [0.4, 0.5) is 5.69 Å². The minimum Gasteiger partial charge on any atom is -0.489 e. The SMILES string of the molecule is Cn1c(O)c([N+]#N)c2cccc(Br)c21. The predicted molar refractivity (Wildman–Crippen MR) is 57.0 cm³/mol. The van der Waals surface area contributed by atoms with Crippen molar-refractivity contribution in [2.24, 2.45) is 7.05 Å². The summed E-state index contributed by atoms with van der Waals surface area (Å²) in [5, 5.41) is 19.1. The van der Waals surface area contributed by atoms with E-state index < -0.39 is 0 Å². The maximum absolute atomic E-state index is 9.63. The summed E-state index contributed by atoms with van der Waals surface area (Å²) in [5.41, 5.74) is 1.00. The van der Waals surface area contributed by atoms with E-state index in [2.05, 4.69) is 20.9 Å². The number of aromatic nitrogens is 1. The number of halogens is 1. The number of fused-ring (bicyclic) bond motifs is 1. The van der Waals surface area contributed by atoms with Crippen molar-refractivity contribution in [2.45, 2.75) is 0 Å². The van der Waals surface area contributed by atoms with E-state index in [1.54, 1.807) is 17.7 Å². The van der Waals surface area contributed by atoms with Gasteiger partial charge in [0, 0.05) is 11.5 Å². The number of hydrogen-bond donors (Lipinski definition) is 1. The second kappa shape index (κ2) is 3.00. The van der Waals surface area contributed by atoms with Crippen LogP contribution >= 0.6 is 15.9 Å². The van der Waals surface area contributed by atoms with Crippen molar-refractivity contribution in [3.05, 3.63) is 27.6 Å². The fourth-order valence-electron chi connectivity index (χ4n) is 1.53. The Kier molecular flexibility index (Phi) is 1.93. The molecule has 0 bridgehead atoms. The number of rotatable bonds is 0. The van der Waals surface area contributed by atoms with E-state index >= 15 is 0 Å². The van der Waals surface area contributed by atoms with Crippen molar-refractivity contribution in [1.82, 2.24) is 4.57 Å². The Hall–Kier alpha value is -1.54. The largest absolute Gasteiger partial charge is 0.489 e. The summed E-state index contributed by atoms with van der Waals surface area (Å²) in [6.45, 7) is 0. The van der Waals surface area contributed by atoms with Gasteiger partial charge in [0.1, 0.15) is 5.39 Å². The van der Waals surface area contributed by atoms with E-state index in [0.29, 0.717) is 5.39 Å². The van der Waals surface area contributed by atoms with Crippen LogP contribution in [0.15, 0.2) is 22.7 Å². The zero-order valence-corrected chi connectivity index (χ0v) is 8.98. The number of hydrogen-bond acceptors (Lipinski definition) is 2. The Balaban J connectivity index is 3.05. The summed E-state index contributed by atoms with van der Waals surface area (Å²) in [6.07, 6.45) is 0. The van der Waals surface area contributed by atoms with Crippen molar-refractivity contribution in [3.8, 4) is 5.88 Å². The standard InChI is InChI=1S/C9H6BrN3O/c1-13-8-5(3-2-4-6(8)10)7(12-11)9(13)14/h2-4H,1H3/p+1. The van der Waals surface area contributed by atoms with Crippen molar-refractivity contribution in [3.63, 3.8) is 0 Å². The summed E-state index contributed by atoms with van der Waals surface area (Å²) in [7, 11) is 1.71. The monoisotopic (exact) mass is 252 g/mol. The lowest BCUT2D eigenvalue weighted by molar-refractivity contribution is 0.438. The van der Waals surface area contributed by atoms with Gasteiger partial charge >= 0.3 is 5.69 Å². The van der Waals surface area contributed by atoms with Crippen LogP contribution in [0.25, 0.3) is 15.9 Å². The van der Waals surface area contributed by atoms with Crippen molar-refractivity contribution in [2.75, 3.05) is 0 Å². The molecule has 1 aromatic heterocycles. The fraction of sp³-hybridized carbons (Fsp3) is 0.111. The molecule has 0 amide bonds. The van der Waals surface area contributed by atoms with Gasteiger partial charge in [0.05, 0.1) is 5.52 Å². The van der Waals surface area contributed by atoms with Crippen LogP contribution in [0.2, 0.25) is 0 Å². The molecule has 0 aliphatic carbocycles. The van der Waals surface area contributed by atoms with Crippen LogP contribution in [-0.4, -0.2) is 9.67 Å². The molecule has 0 saturated heterocycles. The minimum atomic E-state index is -0.0469. The molecule has 0 radical (unpaired) electrons. The molecule has 0 fully saturated rings. The van der Waals surface area contributed by atoms with Gasteiger partial charge in [-0.25, -0.2) is 0 Å². The van der Waals surface area contributed by atoms with Gasteiger partial charge in [-0.05, 0) is 28.1 Å². The molecule has 2 rings (SSSR count). The predicted octanol–water partition coefficient (Wildman–Crippen LogP) is 3.13. The highest BCUT2D eigenvalue weighted by Crippen LogP contribution is 2.40. The normalized spacial score (nSPS) is 10.4. The van der Waals surface area contributed by atoms with Gasteiger partial charge in [-0.3, -0.25) is 0 Å². The minimum absolute atomic E-state index is 0.0469. The molecule has 2 aromatic rings. The molecule has 0 saturated carbocycles. The zero-order chi connectivity index (χ0) is 10.3. The summed E-state index contributed by atoms with van der Waals surface area (Å²) in [4.78, 5) is 3.07. The molecule has 1 aromatic carbocycles. The Morgan fingerprint density at radius 2 is 2.21 bits per heavy atom. The lowest BCUT2D eigenvalue weighted by Crippen LogP contribution is -1.86. The van der Waals surface area contributed by atoms with E-state index in [1.807, 2.05) is 12.1 Å². The van der Waals surface area contributed by atoms with Crippen molar-refractivity contribution >= 4 is 32.5 Å². The third-order valence-corrected chi connectivity index (χ3v) is 2.85. The molecule has 5 heteroatoms. The van der Waals surface area contributed by atoms with Gasteiger partial charge in [0.15, 0.2) is 4.98 Å². The topological polar surface area (TPSA) is 53.3 Å². The van der Waals surface area contributed by atoms with Gasteiger partial charge < -0.3 is 9.67 Å². The molecular weight excluding hydrogens is 246 g/mol. The first-order chi connectivity index (χ1) is 6.66. The Labute approximate surface area is 88.5 Å². The number of aryl methyl sites for hydroxylation is 1. The molecule has 0 spiro atoms. The lowest BCUT2D eigenvalue weighted by atomic mass is 10.2. The van der Waals surface area contributed by atoms with Crippen LogP contribution in [-0.2, 0) is 7.05 Å². The molecule has 0 aliphatic rings. The highest BCUT2D eigenvalue weighted by Gasteiger charge is 2.25. The number of benzene rings is 1. The molecule has 0 unspecified atom stereocenters. The van der Waals surface area contributed by atoms with Gasteiger partial charge in [-0.2, -0.15) is 0 Å². The molecule has 4 nitrogen and oxygen atoms in total. The number of para-hydroxylation sites is 1. The Bertz CT molecular complexity index is 553. The maximum atomic E-state index is 9.63. The van der Waals surface area contributed by atoms with Gasteiger partial charge in [0.2, 0.25) is 5.39 Å². The van der Waals surface area contributed by atoms with Crippen LogP contribution < -0.4 is 0 Å². The third kappa shape index (κ3) is 1.01. The van der Waals surface area contributed by atoms with Gasteiger partial charge in [0.25, 0.3) is 5.88 Å². The highest BCUT2D eigenvalue weighted by molar-refractivity contribution is 9.10. The van der Waals surface area contributed by atoms with E-state index in [-0.39, 0.29) is 11.6 Å². The van der Waals surface area contributed by atoms with E-state index in [9.17, 15) is 5.11 Å². The summed E-state index contributed by atoms with van der Waals surface area (Å²) in [5.74, 6) is -0.0469. The molecular formula is C9H7BrN3O+. The van der Waals surface area contributed by atoms with E-state index in [0.717, 1.165) is 9.99 Å². The van der Waals surface area contributed by atoms with Crippen LogP contribution in [0.5, 0.6) is 5.88 Å². The number of aromatic hydroxyl groups is 1. The number of diazo groups is 1. The maximum Gasteiger partial charge on any atom is 0.453 e. The quantitative estimate of drug-likeness (QED) is 0.733. The summed E-state index contributed by atoms with van der Waals surface area (Å²) in [6, 6.07) is 5.47. The van der Waals surface area contributed by atoms with Gasteiger partial charge in [-0.15, -0.1) is 0 Å². The smallest absolute Gasteiger partial charge is 0.453 e. The van der Waals surface area contributed by atoms with E-state index in [4.69, 9.17) is 5.39 Å². The van der Waals surface area contributed by atoms with Crippen LogP contribution in [0.3, 0.4) is 0 Å². The summed E-state index contributed by atoms with van der Waals surface area (Å²) < 4.78 is 2.41. The van der Waals surface area contributed by atoms with Crippen molar-refractivity contribution < 1.29 is 5.11 Å². The Morgan fingerprint density at radius 1 is 1.50 bits per heavy atom. The first kappa shape index (κ1) is 9.03. The molecule has 0 aliphatic heterocycles. The first-order valence-electron chi connectivity index (χ1n) is 3.97. The van der Waals surface area contributed by atoms with Gasteiger partial charge in [-0.1, -0.05) is 6.07 Å². The van der Waals surface area contributed by atoms with Crippen molar-refractivity contribution in [1.29, 1.82) is 5.39 Å². The Morgan fingerprint density at radius 3 is 2.86 bits per heavy atom. The number of nitrogens with zero attached hydrogens (tertiary/aromatic N) is 3. The zero-order valence-electron chi connectivity index (χ0n) is 7.40. The molecule has 1 N–H and O–H groups in total. The molecule has 70 valence electrons. The third-order valence-electron chi connectivity index (χ3n) is 2.21.